The Morgan fingerprint density at radius 2 is 0.969 bits per heavy atom. The Morgan fingerprint density at radius 3 is 1.31 bits per heavy atom. The quantitative estimate of drug-likeness (QED) is 0.0232. The summed E-state index contributed by atoms with van der Waals surface area (Å²) in [4.78, 5) is 54.1. The highest BCUT2D eigenvalue weighted by Gasteiger charge is 2.41. The van der Waals surface area contributed by atoms with Crippen LogP contribution in [0.15, 0.2) is 0 Å². The number of carbonyl (C=O) groups excluding carboxylic acids is 3. The van der Waals surface area contributed by atoms with Gasteiger partial charge >= 0.3 is 52.3 Å². The zero-order valence-corrected chi connectivity index (χ0v) is 38.5. The van der Waals surface area contributed by atoms with Gasteiger partial charge in [0.05, 0.1) is 39.6 Å². The minimum Gasteiger partial charge on any atom is -0.382 e. The number of hydrogen-bond donors (Lipinski definition) is 5. The molecule has 0 spiro atoms. The van der Waals surface area contributed by atoms with E-state index in [9.17, 15) is 72.8 Å². The number of carbonyl (C=O) groups is 3. The van der Waals surface area contributed by atoms with Crippen LogP contribution in [-0.4, -0.2) is 125 Å². The fourth-order valence-corrected chi connectivity index (χ4v) is 8.21. The van der Waals surface area contributed by atoms with E-state index < -0.39 is 102 Å². The zero-order chi connectivity index (χ0) is 49.1. The molecule has 0 aromatic heterocycles. The van der Waals surface area contributed by atoms with E-state index in [1.54, 1.807) is 10.6 Å². The van der Waals surface area contributed by atoms with Crippen LogP contribution >= 0.6 is 16.1 Å². The molecule has 0 aliphatic rings. The lowest BCUT2D eigenvalue weighted by Crippen LogP contribution is -2.39. The summed E-state index contributed by atoms with van der Waals surface area (Å²) in [5.41, 5.74) is -1.48. The fourth-order valence-electron chi connectivity index (χ4n) is 6.88. The van der Waals surface area contributed by atoms with Gasteiger partial charge in [-0.05, 0) is 68.6 Å². The SMILES string of the molecule is CCCCC(CCCNC(=O)C(F)(F)F)(CCCNC(=O)C(F)(F)F)COCC(COP(=O)(O)OC(COC)COCC(CCC)(CCCC)CCCNC(=O)C(F)(F)F)O[PH](=O)O. The lowest BCUT2D eigenvalue weighted by Gasteiger charge is -2.35. The number of ether oxygens (including phenoxy) is 3. The Morgan fingerprint density at radius 1 is 0.594 bits per heavy atom. The molecule has 5 unspecified atom stereocenters. The van der Waals surface area contributed by atoms with E-state index in [-0.39, 0.29) is 65.1 Å². The number of rotatable bonds is 37. The van der Waals surface area contributed by atoms with Gasteiger partial charge in [-0.2, -0.15) is 39.5 Å². The summed E-state index contributed by atoms with van der Waals surface area (Å²) in [5.74, 6) is -6.39. The summed E-state index contributed by atoms with van der Waals surface area (Å²) in [6.07, 6.45) is -12.3. The van der Waals surface area contributed by atoms with E-state index in [1.165, 1.54) is 7.11 Å². The van der Waals surface area contributed by atoms with E-state index in [2.05, 4.69) is 0 Å². The maximum absolute atomic E-state index is 13.1. The first-order valence-electron chi connectivity index (χ1n) is 20.9. The minimum absolute atomic E-state index is 0.0298. The molecule has 0 aliphatic carbocycles. The highest BCUT2D eigenvalue weighted by molar-refractivity contribution is 7.47. The number of nitrogens with one attached hydrogen (secondary N) is 3. The molecule has 27 heteroatoms. The minimum atomic E-state index is -5.14. The number of phosphoric ester groups is 1. The molecule has 64 heavy (non-hydrogen) atoms. The van der Waals surface area contributed by atoms with Gasteiger partial charge in [0.1, 0.15) is 12.2 Å². The first kappa shape index (κ1) is 61.9. The topological polar surface area (TPSA) is 217 Å². The number of unbranched alkanes of at least 4 members (excludes halogenated alkanes) is 2. The molecule has 0 aromatic carbocycles. The maximum atomic E-state index is 13.1. The van der Waals surface area contributed by atoms with Crippen molar-refractivity contribution >= 4 is 33.8 Å². The molecule has 0 aromatic rings. The Bertz CT molecular complexity index is 1380. The Labute approximate surface area is 368 Å². The summed E-state index contributed by atoms with van der Waals surface area (Å²) in [7, 11) is -7.48. The lowest BCUT2D eigenvalue weighted by atomic mass is 9.75. The number of halogens is 9. The zero-order valence-electron chi connectivity index (χ0n) is 36.7. The first-order valence-corrected chi connectivity index (χ1v) is 23.7. The largest absolute Gasteiger partial charge is 0.472 e. The third kappa shape index (κ3) is 28.2. The highest BCUT2D eigenvalue weighted by Crippen LogP contribution is 2.45. The van der Waals surface area contributed by atoms with Gasteiger partial charge < -0.3 is 44.5 Å². The normalized spacial score (nSPS) is 16.0. The second kappa shape index (κ2) is 31.1. The Hall–Kier alpha value is -2.08. The van der Waals surface area contributed by atoms with Crippen LogP contribution in [0.25, 0.3) is 0 Å². The van der Waals surface area contributed by atoms with Crippen molar-refractivity contribution in [2.24, 2.45) is 10.8 Å². The molecule has 0 radical (unpaired) electrons. The van der Waals surface area contributed by atoms with Crippen LogP contribution in [0.5, 0.6) is 0 Å². The molecular weight excluding hydrogens is 927 g/mol. The average molecular weight is 994 g/mol. The van der Waals surface area contributed by atoms with Crippen molar-refractivity contribution in [3.05, 3.63) is 0 Å². The van der Waals surface area contributed by atoms with Crippen molar-refractivity contribution in [2.75, 3.05) is 66.4 Å². The monoisotopic (exact) mass is 993 g/mol. The Balaban J connectivity index is 5.86. The standard InChI is InChI=1S/C37H66F9N3O13P2/c1-5-8-14-33(13-7-3,16-10-19-47-30(50)35(38,39)40)26-59-24-29(22-57-4)62-64(55,56)60-25-28(61-63(53)54)23-58-27-34(15-9-6-2,17-11-20-48-31(51)36(41,42)43)18-12-21-49-32(52)37(44,45)46/h28-29,63H,5-27H2,1-4H3,(H,47,50)(H,48,51)(H,49,52)(H,53,54)(H,55,56). The third-order valence-electron chi connectivity index (χ3n) is 9.93. The van der Waals surface area contributed by atoms with E-state index in [0.717, 1.165) is 12.8 Å². The Kier molecular flexibility index (Phi) is 30.0. The molecule has 0 rings (SSSR count). The van der Waals surface area contributed by atoms with Crippen molar-refractivity contribution in [3.63, 3.8) is 0 Å². The number of amides is 3. The van der Waals surface area contributed by atoms with Crippen LogP contribution in [0, 0.1) is 10.8 Å². The van der Waals surface area contributed by atoms with Crippen LogP contribution in [-0.2, 0) is 51.3 Å². The summed E-state index contributed by atoms with van der Waals surface area (Å²) in [6, 6.07) is 0. The summed E-state index contributed by atoms with van der Waals surface area (Å²) < 4.78 is 171. The van der Waals surface area contributed by atoms with Gasteiger partial charge in [0.2, 0.25) is 0 Å². The molecule has 0 bridgehead atoms. The number of alkyl halides is 9. The van der Waals surface area contributed by atoms with Crippen molar-refractivity contribution in [3.8, 4) is 0 Å². The van der Waals surface area contributed by atoms with E-state index in [4.69, 9.17) is 27.8 Å². The van der Waals surface area contributed by atoms with Crippen molar-refractivity contribution in [1.29, 1.82) is 0 Å². The summed E-state index contributed by atoms with van der Waals surface area (Å²) >= 11 is 0. The van der Waals surface area contributed by atoms with E-state index in [0.29, 0.717) is 44.9 Å². The van der Waals surface area contributed by atoms with Crippen LogP contribution < -0.4 is 16.0 Å². The van der Waals surface area contributed by atoms with Crippen molar-refractivity contribution in [1.82, 2.24) is 16.0 Å². The molecular formula is C37H66F9N3O13P2. The van der Waals surface area contributed by atoms with E-state index in [1.807, 2.05) is 26.1 Å². The fraction of sp³-hybridized carbons (Fsp3) is 0.919. The van der Waals surface area contributed by atoms with Gasteiger partial charge in [-0.15, -0.1) is 0 Å². The predicted octanol–water partition coefficient (Wildman–Crippen LogP) is 7.46. The molecule has 380 valence electrons. The van der Waals surface area contributed by atoms with Crippen LogP contribution in [0.2, 0.25) is 0 Å². The molecule has 3 amide bonds. The van der Waals surface area contributed by atoms with Gasteiger partial charge in [-0.1, -0.05) is 52.9 Å². The van der Waals surface area contributed by atoms with Crippen LogP contribution in [0.3, 0.4) is 0 Å². The molecule has 5 atom stereocenters. The number of phosphoric acid groups is 1. The van der Waals surface area contributed by atoms with Crippen LogP contribution in [0.1, 0.15) is 111 Å². The third-order valence-corrected chi connectivity index (χ3v) is 11.5. The first-order chi connectivity index (χ1) is 29.7. The van der Waals surface area contributed by atoms with Crippen molar-refractivity contribution < 1.29 is 101 Å². The summed E-state index contributed by atoms with van der Waals surface area (Å²) in [6.45, 7) is 2.46. The summed E-state index contributed by atoms with van der Waals surface area (Å²) in [5, 5.41) is 5.34. The predicted molar refractivity (Wildman–Crippen MR) is 214 cm³/mol. The molecule has 5 N–H and O–H groups in total. The molecule has 0 saturated carbocycles. The van der Waals surface area contributed by atoms with Crippen molar-refractivity contribution in [2.45, 2.75) is 141 Å². The second-order valence-corrected chi connectivity index (χ2v) is 17.7. The van der Waals surface area contributed by atoms with Gasteiger partial charge in [0.25, 0.3) is 0 Å². The second-order valence-electron chi connectivity index (χ2n) is 15.5. The van der Waals surface area contributed by atoms with Gasteiger partial charge in [0.15, 0.2) is 0 Å². The number of methoxy groups -OCH3 is 1. The number of hydrogen-bond acceptors (Lipinski definition) is 11. The highest BCUT2D eigenvalue weighted by atomic mass is 31.2. The molecule has 16 nitrogen and oxygen atoms in total. The van der Waals surface area contributed by atoms with Crippen LogP contribution in [0.4, 0.5) is 39.5 Å². The van der Waals surface area contributed by atoms with Gasteiger partial charge in [-0.3, -0.25) is 28.0 Å². The van der Waals surface area contributed by atoms with E-state index >= 15 is 0 Å². The molecule has 0 saturated heterocycles. The van der Waals surface area contributed by atoms with Gasteiger partial charge in [0, 0.05) is 26.7 Å². The smallest absolute Gasteiger partial charge is 0.382 e. The molecule has 0 aliphatic heterocycles. The average Bonchev–Trinajstić information content (AvgIpc) is 3.18. The van der Waals surface area contributed by atoms with Gasteiger partial charge in [-0.25, -0.2) is 4.57 Å². The molecule has 0 heterocycles. The maximum Gasteiger partial charge on any atom is 0.472 e. The molecule has 0 fully saturated rings. The lowest BCUT2D eigenvalue weighted by molar-refractivity contribution is -0.173.